The zero-order valence-electron chi connectivity index (χ0n) is 20.0. The number of hydrogen-bond acceptors (Lipinski definition) is 3. The summed E-state index contributed by atoms with van der Waals surface area (Å²) in [5, 5.41) is 2.78. The second-order valence-corrected chi connectivity index (χ2v) is 9.88. The fraction of sp³-hybridized carbons (Fsp3) is 0.241. The molecule has 3 nitrogen and oxygen atoms in total. The lowest BCUT2D eigenvalue weighted by molar-refractivity contribution is -0.119. The quantitative estimate of drug-likeness (QED) is 0.278. The third-order valence-corrected chi connectivity index (χ3v) is 6.84. The number of para-hydroxylation sites is 1. The van der Waals surface area contributed by atoms with Crippen LogP contribution in [0.2, 0.25) is 0 Å². The van der Waals surface area contributed by atoms with Gasteiger partial charge in [0.2, 0.25) is 5.91 Å². The number of nitrogens with zero attached hydrogens (tertiary/aromatic N) is 2. The van der Waals surface area contributed by atoms with Gasteiger partial charge in [0, 0.05) is 23.6 Å². The largest absolute Gasteiger partial charge is 0.314 e. The third kappa shape index (κ3) is 5.26. The van der Waals surface area contributed by atoms with Crippen molar-refractivity contribution >= 4 is 22.9 Å². The Hall–Kier alpha value is -3.31. The Bertz CT molecular complexity index is 1260. The highest BCUT2D eigenvalue weighted by Gasteiger charge is 2.23. The predicted octanol–water partition coefficient (Wildman–Crippen LogP) is 7.58. The molecule has 0 aliphatic rings. The predicted molar refractivity (Wildman–Crippen MR) is 140 cm³/mol. The summed E-state index contributed by atoms with van der Waals surface area (Å²) in [4.78, 5) is 19.9. The van der Waals surface area contributed by atoms with E-state index in [1.54, 1.807) is 17.0 Å². The Morgan fingerprint density at radius 1 is 0.971 bits per heavy atom. The molecule has 1 amide bonds. The molecule has 3 aromatic carbocycles. The fourth-order valence-electron chi connectivity index (χ4n) is 4.06. The maximum Gasteiger partial charge on any atom is 0.234 e. The maximum absolute atomic E-state index is 13.4. The van der Waals surface area contributed by atoms with Gasteiger partial charge in [-0.1, -0.05) is 50.2 Å². The van der Waals surface area contributed by atoms with E-state index in [0.717, 1.165) is 39.5 Å². The van der Waals surface area contributed by atoms with Crippen LogP contribution in [-0.2, 0) is 11.2 Å². The monoisotopic (exact) mass is 472 g/mol. The number of benzene rings is 3. The van der Waals surface area contributed by atoms with E-state index in [4.69, 9.17) is 4.98 Å². The average Bonchev–Trinajstić information content (AvgIpc) is 3.33. The highest BCUT2D eigenvalue weighted by atomic mass is 32.1. The van der Waals surface area contributed by atoms with Gasteiger partial charge in [-0.25, -0.2) is 9.37 Å². The molecule has 4 aromatic rings. The zero-order chi connectivity index (χ0) is 24.2. The van der Waals surface area contributed by atoms with Crippen molar-refractivity contribution in [3.8, 4) is 21.8 Å². The van der Waals surface area contributed by atoms with Crippen LogP contribution in [-0.4, -0.2) is 17.9 Å². The van der Waals surface area contributed by atoms with Crippen LogP contribution in [0.5, 0.6) is 0 Å². The molecule has 1 heterocycles. The van der Waals surface area contributed by atoms with Gasteiger partial charge < -0.3 is 4.90 Å². The summed E-state index contributed by atoms with van der Waals surface area (Å²) in [7, 11) is 1.82. The zero-order valence-corrected chi connectivity index (χ0v) is 20.8. The van der Waals surface area contributed by atoms with E-state index in [-0.39, 0.29) is 17.6 Å². The molecule has 0 saturated carbocycles. The number of thiazole rings is 1. The SMILES string of the molecule is CC(C)Cc1ccc(C(C)C(=O)N(C)c2ccccc2-c2nc(-c3ccc(F)cc3)cs2)cc1. The van der Waals surface area contributed by atoms with Crippen molar-refractivity contribution in [2.24, 2.45) is 5.92 Å². The Labute approximate surface area is 204 Å². The normalized spacial score (nSPS) is 12.1. The number of rotatable bonds is 7. The number of carbonyl (C=O) groups is 1. The van der Waals surface area contributed by atoms with E-state index in [0.29, 0.717) is 5.92 Å². The smallest absolute Gasteiger partial charge is 0.234 e. The molecule has 0 spiro atoms. The van der Waals surface area contributed by atoms with Gasteiger partial charge in [0.1, 0.15) is 10.8 Å². The van der Waals surface area contributed by atoms with Gasteiger partial charge in [-0.2, -0.15) is 0 Å². The molecule has 174 valence electrons. The molecule has 0 saturated heterocycles. The van der Waals surface area contributed by atoms with Crippen molar-refractivity contribution in [1.29, 1.82) is 0 Å². The van der Waals surface area contributed by atoms with Crippen LogP contribution in [0, 0.1) is 11.7 Å². The first kappa shape index (κ1) is 23.8. The number of amides is 1. The summed E-state index contributed by atoms with van der Waals surface area (Å²) < 4.78 is 13.3. The summed E-state index contributed by atoms with van der Waals surface area (Å²) in [6.07, 6.45) is 1.03. The lowest BCUT2D eigenvalue weighted by Crippen LogP contribution is -2.30. The minimum Gasteiger partial charge on any atom is -0.314 e. The van der Waals surface area contributed by atoms with Crippen LogP contribution in [0.4, 0.5) is 10.1 Å². The van der Waals surface area contributed by atoms with Gasteiger partial charge in [0.25, 0.3) is 0 Å². The molecule has 0 bridgehead atoms. The summed E-state index contributed by atoms with van der Waals surface area (Å²) in [5.74, 6) is 0.0898. The van der Waals surface area contributed by atoms with Crippen LogP contribution >= 0.6 is 11.3 Å². The van der Waals surface area contributed by atoms with Gasteiger partial charge in [-0.15, -0.1) is 11.3 Å². The molecule has 4 rings (SSSR count). The maximum atomic E-state index is 13.4. The van der Waals surface area contributed by atoms with Crippen molar-refractivity contribution in [1.82, 2.24) is 4.98 Å². The average molecular weight is 473 g/mol. The molecule has 1 aromatic heterocycles. The van der Waals surface area contributed by atoms with Crippen LogP contribution in [0.15, 0.2) is 78.2 Å². The van der Waals surface area contributed by atoms with E-state index in [1.165, 1.54) is 29.0 Å². The molecule has 1 atom stereocenters. The Morgan fingerprint density at radius 3 is 2.32 bits per heavy atom. The van der Waals surface area contributed by atoms with E-state index < -0.39 is 0 Å². The first-order valence-corrected chi connectivity index (χ1v) is 12.4. The first-order chi connectivity index (χ1) is 16.3. The molecule has 0 radical (unpaired) electrons. The molecule has 0 N–H and O–H groups in total. The van der Waals surface area contributed by atoms with E-state index in [2.05, 4.69) is 38.1 Å². The first-order valence-electron chi connectivity index (χ1n) is 11.5. The third-order valence-electron chi connectivity index (χ3n) is 5.96. The molecule has 0 aliphatic carbocycles. The molecule has 5 heteroatoms. The number of anilines is 1. The molecule has 0 fully saturated rings. The van der Waals surface area contributed by atoms with Crippen molar-refractivity contribution in [3.63, 3.8) is 0 Å². The van der Waals surface area contributed by atoms with E-state index in [9.17, 15) is 9.18 Å². The number of likely N-dealkylation sites (N-methyl/N-ethyl adjacent to an activating group) is 1. The lowest BCUT2D eigenvalue weighted by atomic mass is 9.95. The molecule has 34 heavy (non-hydrogen) atoms. The fourth-order valence-corrected chi connectivity index (χ4v) is 4.93. The molecular weight excluding hydrogens is 443 g/mol. The minimum absolute atomic E-state index is 0.0272. The summed E-state index contributed by atoms with van der Waals surface area (Å²) in [6.45, 7) is 6.37. The minimum atomic E-state index is -0.270. The highest BCUT2D eigenvalue weighted by molar-refractivity contribution is 7.13. The van der Waals surface area contributed by atoms with Gasteiger partial charge in [0.15, 0.2) is 0 Å². The van der Waals surface area contributed by atoms with Crippen LogP contribution in [0.3, 0.4) is 0 Å². The van der Waals surface area contributed by atoms with E-state index in [1.807, 2.05) is 43.6 Å². The van der Waals surface area contributed by atoms with Gasteiger partial charge in [-0.3, -0.25) is 4.79 Å². The Kier molecular flexibility index (Phi) is 7.23. The number of halogens is 1. The Balaban J connectivity index is 1.57. The Morgan fingerprint density at radius 2 is 1.65 bits per heavy atom. The van der Waals surface area contributed by atoms with Gasteiger partial charge >= 0.3 is 0 Å². The lowest BCUT2D eigenvalue weighted by Gasteiger charge is -2.24. The summed E-state index contributed by atoms with van der Waals surface area (Å²) >= 11 is 1.51. The van der Waals surface area contributed by atoms with Crippen LogP contribution in [0.1, 0.15) is 37.8 Å². The highest BCUT2D eigenvalue weighted by Crippen LogP contribution is 2.36. The number of carbonyl (C=O) groups excluding carboxylic acids is 1. The molecular formula is C29H29FN2OS. The molecule has 0 aliphatic heterocycles. The van der Waals surface area contributed by atoms with Crippen molar-refractivity contribution in [2.45, 2.75) is 33.1 Å². The van der Waals surface area contributed by atoms with E-state index >= 15 is 0 Å². The standard InChI is InChI=1S/C29H29FN2OS/c1-19(2)17-21-9-11-22(12-10-21)20(3)29(33)32(4)27-8-6-5-7-25(27)28-31-26(18-34-28)23-13-15-24(30)16-14-23/h5-16,18-20H,17H2,1-4H3. The topological polar surface area (TPSA) is 33.2 Å². The number of hydrogen-bond donors (Lipinski definition) is 0. The van der Waals surface area contributed by atoms with Crippen molar-refractivity contribution < 1.29 is 9.18 Å². The van der Waals surface area contributed by atoms with Gasteiger partial charge in [0.05, 0.1) is 17.3 Å². The summed E-state index contributed by atoms with van der Waals surface area (Å²) in [6, 6.07) is 22.5. The summed E-state index contributed by atoms with van der Waals surface area (Å²) in [5.41, 5.74) is 5.67. The van der Waals surface area contributed by atoms with Crippen LogP contribution < -0.4 is 4.90 Å². The van der Waals surface area contributed by atoms with Crippen molar-refractivity contribution in [2.75, 3.05) is 11.9 Å². The second-order valence-electron chi connectivity index (χ2n) is 9.02. The van der Waals surface area contributed by atoms with Gasteiger partial charge in [-0.05, 0) is 66.8 Å². The van der Waals surface area contributed by atoms with Crippen LogP contribution in [0.25, 0.3) is 21.8 Å². The number of aromatic nitrogens is 1. The molecule has 1 unspecified atom stereocenters. The van der Waals surface area contributed by atoms with Crippen molar-refractivity contribution in [3.05, 3.63) is 95.1 Å². The second kappa shape index (κ2) is 10.3.